The standard InChI is InChI=1S/C25H19ClFN3O4/c1-14-6-8-18-24(33)19(23(32)15-4-3-5-17(10-15)34-2)12-30(25(18)28-14)13-22(31)29-21-9-7-16(26)11-20(21)27/h3-12H,13H2,1-2H3,(H,29,31). The van der Waals surface area contributed by atoms with E-state index in [1.165, 1.54) is 36.1 Å². The number of hydrogen-bond acceptors (Lipinski definition) is 5. The van der Waals surface area contributed by atoms with Crippen molar-refractivity contribution in [1.82, 2.24) is 9.55 Å². The molecule has 0 spiro atoms. The Labute approximate surface area is 198 Å². The molecular weight excluding hydrogens is 461 g/mol. The molecule has 0 aliphatic carbocycles. The van der Waals surface area contributed by atoms with Gasteiger partial charge in [-0.3, -0.25) is 14.4 Å². The number of nitrogens with zero attached hydrogens (tertiary/aromatic N) is 2. The number of ether oxygens (including phenoxy) is 1. The van der Waals surface area contributed by atoms with Crippen molar-refractivity contribution in [3.8, 4) is 5.75 Å². The number of benzene rings is 2. The van der Waals surface area contributed by atoms with Crippen LogP contribution in [0, 0.1) is 12.7 Å². The van der Waals surface area contributed by atoms with Crippen LogP contribution in [0.5, 0.6) is 5.75 Å². The molecule has 1 amide bonds. The van der Waals surface area contributed by atoms with E-state index in [0.29, 0.717) is 11.4 Å². The molecule has 0 saturated heterocycles. The van der Waals surface area contributed by atoms with Crippen molar-refractivity contribution < 1.29 is 18.7 Å². The maximum atomic E-state index is 14.1. The number of aromatic nitrogens is 2. The van der Waals surface area contributed by atoms with E-state index in [9.17, 15) is 18.8 Å². The van der Waals surface area contributed by atoms with Crippen molar-refractivity contribution in [1.29, 1.82) is 0 Å². The molecule has 2 aromatic carbocycles. The van der Waals surface area contributed by atoms with E-state index in [4.69, 9.17) is 16.3 Å². The average Bonchev–Trinajstić information content (AvgIpc) is 2.82. The number of nitrogens with one attached hydrogen (secondary N) is 1. The topological polar surface area (TPSA) is 90.3 Å². The average molecular weight is 480 g/mol. The van der Waals surface area contributed by atoms with E-state index in [-0.39, 0.29) is 39.4 Å². The summed E-state index contributed by atoms with van der Waals surface area (Å²) in [5, 5.41) is 2.86. The van der Waals surface area contributed by atoms with Crippen LogP contribution in [0.25, 0.3) is 11.0 Å². The van der Waals surface area contributed by atoms with Gasteiger partial charge in [-0.05, 0) is 49.4 Å². The lowest BCUT2D eigenvalue weighted by Gasteiger charge is -2.14. The van der Waals surface area contributed by atoms with Gasteiger partial charge in [0.25, 0.3) is 0 Å². The molecule has 0 radical (unpaired) electrons. The maximum absolute atomic E-state index is 14.1. The summed E-state index contributed by atoms with van der Waals surface area (Å²) in [6.07, 6.45) is 1.30. The molecule has 0 atom stereocenters. The van der Waals surface area contributed by atoms with Crippen LogP contribution in [-0.2, 0) is 11.3 Å². The summed E-state index contributed by atoms with van der Waals surface area (Å²) in [4.78, 5) is 43.5. The summed E-state index contributed by atoms with van der Waals surface area (Å²) in [6, 6.07) is 13.5. The van der Waals surface area contributed by atoms with Gasteiger partial charge in [0.15, 0.2) is 5.78 Å². The van der Waals surface area contributed by atoms with Gasteiger partial charge in [0.2, 0.25) is 11.3 Å². The summed E-state index contributed by atoms with van der Waals surface area (Å²) in [5.41, 5.74) is 0.440. The zero-order chi connectivity index (χ0) is 24.4. The molecule has 1 N–H and O–H groups in total. The Balaban J connectivity index is 1.76. The van der Waals surface area contributed by atoms with Crippen LogP contribution < -0.4 is 15.5 Å². The molecule has 172 valence electrons. The van der Waals surface area contributed by atoms with Crippen molar-refractivity contribution >= 4 is 40.0 Å². The van der Waals surface area contributed by atoms with E-state index in [1.807, 2.05) is 0 Å². The van der Waals surface area contributed by atoms with Crippen molar-refractivity contribution in [2.45, 2.75) is 13.5 Å². The van der Waals surface area contributed by atoms with Crippen molar-refractivity contribution in [2.75, 3.05) is 12.4 Å². The molecule has 0 aliphatic heterocycles. The first-order valence-corrected chi connectivity index (χ1v) is 10.6. The van der Waals surface area contributed by atoms with Crippen LogP contribution in [-0.4, -0.2) is 28.4 Å². The summed E-state index contributed by atoms with van der Waals surface area (Å²) in [7, 11) is 1.47. The maximum Gasteiger partial charge on any atom is 0.244 e. The number of fused-ring (bicyclic) bond motifs is 1. The van der Waals surface area contributed by atoms with Crippen molar-refractivity contribution in [3.63, 3.8) is 0 Å². The van der Waals surface area contributed by atoms with E-state index < -0.39 is 22.9 Å². The number of ketones is 1. The van der Waals surface area contributed by atoms with E-state index in [0.717, 1.165) is 6.07 Å². The highest BCUT2D eigenvalue weighted by atomic mass is 35.5. The van der Waals surface area contributed by atoms with Gasteiger partial charge in [0, 0.05) is 22.5 Å². The highest BCUT2D eigenvalue weighted by Crippen LogP contribution is 2.20. The Bertz CT molecular complexity index is 1500. The molecule has 2 aromatic heterocycles. The lowest BCUT2D eigenvalue weighted by atomic mass is 10.0. The normalized spacial score (nSPS) is 10.8. The first-order valence-electron chi connectivity index (χ1n) is 10.2. The van der Waals surface area contributed by atoms with Crippen molar-refractivity contribution in [3.05, 3.63) is 98.7 Å². The van der Waals surface area contributed by atoms with Crippen LogP contribution in [0.15, 0.2) is 65.6 Å². The number of rotatable bonds is 6. The number of hydrogen-bond donors (Lipinski definition) is 1. The summed E-state index contributed by atoms with van der Waals surface area (Å²) >= 11 is 5.76. The molecule has 0 saturated carbocycles. The second-order valence-electron chi connectivity index (χ2n) is 7.56. The predicted octanol–water partition coefficient (Wildman–Crippen LogP) is 4.38. The largest absolute Gasteiger partial charge is 0.497 e. The first kappa shape index (κ1) is 23.1. The Morgan fingerprint density at radius 2 is 1.94 bits per heavy atom. The third-order valence-corrected chi connectivity index (χ3v) is 5.39. The van der Waals surface area contributed by atoms with E-state index in [2.05, 4.69) is 10.3 Å². The Kier molecular flexibility index (Phi) is 6.43. The minimum Gasteiger partial charge on any atom is -0.497 e. The lowest BCUT2D eigenvalue weighted by molar-refractivity contribution is -0.116. The van der Waals surface area contributed by atoms with Gasteiger partial charge in [-0.1, -0.05) is 23.7 Å². The SMILES string of the molecule is COc1cccc(C(=O)c2cn(CC(=O)Nc3ccc(Cl)cc3F)c3nc(C)ccc3c2=O)c1. The van der Waals surface area contributed by atoms with E-state index in [1.54, 1.807) is 37.3 Å². The summed E-state index contributed by atoms with van der Waals surface area (Å²) in [6.45, 7) is 1.43. The second-order valence-corrected chi connectivity index (χ2v) is 7.99. The van der Waals surface area contributed by atoms with Crippen LogP contribution in [0.2, 0.25) is 5.02 Å². The molecule has 0 unspecified atom stereocenters. The number of anilines is 1. The quantitative estimate of drug-likeness (QED) is 0.414. The summed E-state index contributed by atoms with van der Waals surface area (Å²) < 4.78 is 20.7. The third kappa shape index (κ3) is 4.67. The molecule has 9 heteroatoms. The molecular formula is C25H19ClFN3O4. The predicted molar refractivity (Wildman–Crippen MR) is 127 cm³/mol. The molecule has 0 bridgehead atoms. The third-order valence-electron chi connectivity index (χ3n) is 5.16. The fourth-order valence-electron chi connectivity index (χ4n) is 3.50. The smallest absolute Gasteiger partial charge is 0.244 e. The van der Waals surface area contributed by atoms with E-state index >= 15 is 0 Å². The summed E-state index contributed by atoms with van der Waals surface area (Å²) in [5.74, 6) is -1.32. The molecule has 0 aliphatic rings. The fourth-order valence-corrected chi connectivity index (χ4v) is 3.66. The number of aryl methyl sites for hydroxylation is 1. The Morgan fingerprint density at radius 3 is 2.68 bits per heavy atom. The minimum absolute atomic E-state index is 0.0448. The molecule has 7 nitrogen and oxygen atoms in total. The zero-order valence-corrected chi connectivity index (χ0v) is 19.0. The number of carbonyl (C=O) groups excluding carboxylic acids is 2. The number of halogens is 2. The van der Waals surface area contributed by atoms with Gasteiger partial charge in [-0.2, -0.15) is 0 Å². The second kappa shape index (κ2) is 9.44. The Hall–Kier alpha value is -4.04. The molecule has 34 heavy (non-hydrogen) atoms. The number of carbonyl (C=O) groups is 2. The van der Waals surface area contributed by atoms with Crippen LogP contribution in [0.4, 0.5) is 10.1 Å². The fraction of sp³-hybridized carbons (Fsp3) is 0.120. The molecule has 0 fully saturated rings. The van der Waals surface area contributed by atoms with Gasteiger partial charge in [-0.25, -0.2) is 9.37 Å². The van der Waals surface area contributed by atoms with Gasteiger partial charge >= 0.3 is 0 Å². The zero-order valence-electron chi connectivity index (χ0n) is 18.3. The minimum atomic E-state index is -0.687. The van der Waals surface area contributed by atoms with Gasteiger partial charge in [0.05, 0.1) is 23.7 Å². The first-order chi connectivity index (χ1) is 16.3. The highest BCUT2D eigenvalue weighted by Gasteiger charge is 2.20. The van der Waals surface area contributed by atoms with Gasteiger partial charge in [-0.15, -0.1) is 0 Å². The van der Waals surface area contributed by atoms with Crippen molar-refractivity contribution in [2.24, 2.45) is 0 Å². The highest BCUT2D eigenvalue weighted by molar-refractivity contribution is 6.30. The number of pyridine rings is 2. The van der Waals surface area contributed by atoms with Crippen LogP contribution >= 0.6 is 11.6 Å². The van der Waals surface area contributed by atoms with Gasteiger partial charge < -0.3 is 14.6 Å². The Morgan fingerprint density at radius 1 is 1.15 bits per heavy atom. The number of methoxy groups -OCH3 is 1. The monoisotopic (exact) mass is 479 g/mol. The number of amides is 1. The van der Waals surface area contributed by atoms with Crippen LogP contribution in [0.3, 0.4) is 0 Å². The van der Waals surface area contributed by atoms with Crippen LogP contribution in [0.1, 0.15) is 21.6 Å². The molecule has 4 rings (SSSR count). The lowest BCUT2D eigenvalue weighted by Crippen LogP contribution is -2.25. The molecule has 2 heterocycles. The van der Waals surface area contributed by atoms with Gasteiger partial charge in [0.1, 0.15) is 23.8 Å². The molecule has 4 aromatic rings.